The van der Waals surface area contributed by atoms with Crippen LogP contribution in [-0.2, 0) is 4.79 Å². The number of hydrogen-bond donors (Lipinski definition) is 1. The van der Waals surface area contributed by atoms with Crippen molar-refractivity contribution in [2.45, 2.75) is 19.8 Å². The van der Waals surface area contributed by atoms with Crippen molar-refractivity contribution in [2.75, 3.05) is 24.6 Å². The SMILES string of the molecule is C/C(=N/NC(=O)COc1cccc(F)c1)c1ccc(N2CCCC2)c(F)c1. The molecule has 0 saturated carbocycles. The van der Waals surface area contributed by atoms with Gasteiger partial charge in [-0.2, -0.15) is 5.10 Å². The topological polar surface area (TPSA) is 53.9 Å². The van der Waals surface area contributed by atoms with Gasteiger partial charge in [0.05, 0.1) is 11.4 Å². The molecule has 0 aromatic heterocycles. The first-order chi connectivity index (χ1) is 13.0. The molecule has 1 N–H and O–H groups in total. The van der Waals surface area contributed by atoms with Crippen LogP contribution < -0.4 is 15.1 Å². The van der Waals surface area contributed by atoms with Crippen LogP contribution in [0.15, 0.2) is 47.6 Å². The molecular formula is C20H21F2N3O2. The quantitative estimate of drug-likeness (QED) is 0.623. The summed E-state index contributed by atoms with van der Waals surface area (Å²) in [7, 11) is 0. The third kappa shape index (κ3) is 5.03. The summed E-state index contributed by atoms with van der Waals surface area (Å²) < 4.78 is 32.6. The Labute approximate surface area is 156 Å². The fourth-order valence-corrected chi connectivity index (χ4v) is 2.90. The molecule has 0 atom stereocenters. The number of nitrogens with zero attached hydrogens (tertiary/aromatic N) is 2. The van der Waals surface area contributed by atoms with Crippen LogP contribution in [-0.4, -0.2) is 31.3 Å². The van der Waals surface area contributed by atoms with Gasteiger partial charge in [0.25, 0.3) is 5.91 Å². The summed E-state index contributed by atoms with van der Waals surface area (Å²) in [6, 6.07) is 10.5. The minimum absolute atomic E-state index is 0.255. The predicted molar refractivity (Wildman–Crippen MR) is 100 cm³/mol. The van der Waals surface area contributed by atoms with Crippen molar-refractivity contribution in [3.05, 3.63) is 59.7 Å². The summed E-state index contributed by atoms with van der Waals surface area (Å²) in [5.41, 5.74) is 4.00. The van der Waals surface area contributed by atoms with Gasteiger partial charge in [0.15, 0.2) is 6.61 Å². The van der Waals surface area contributed by atoms with Gasteiger partial charge in [-0.15, -0.1) is 0 Å². The zero-order chi connectivity index (χ0) is 19.2. The molecule has 2 aromatic carbocycles. The summed E-state index contributed by atoms with van der Waals surface area (Å²) in [6.45, 7) is 3.11. The predicted octanol–water partition coefficient (Wildman–Crippen LogP) is 3.48. The zero-order valence-electron chi connectivity index (χ0n) is 15.0. The van der Waals surface area contributed by atoms with E-state index >= 15 is 0 Å². The van der Waals surface area contributed by atoms with Gasteiger partial charge in [-0.3, -0.25) is 4.79 Å². The van der Waals surface area contributed by atoms with Crippen molar-refractivity contribution >= 4 is 17.3 Å². The van der Waals surface area contributed by atoms with Crippen molar-refractivity contribution in [1.29, 1.82) is 0 Å². The Morgan fingerprint density at radius 2 is 1.96 bits per heavy atom. The Kier molecular flexibility index (Phi) is 6.01. The summed E-state index contributed by atoms with van der Waals surface area (Å²) >= 11 is 0. The maximum absolute atomic E-state index is 14.4. The number of carbonyl (C=O) groups is 1. The van der Waals surface area contributed by atoms with Crippen LogP contribution >= 0.6 is 0 Å². The molecule has 0 aliphatic carbocycles. The summed E-state index contributed by atoms with van der Waals surface area (Å²) in [6.07, 6.45) is 2.15. The van der Waals surface area contributed by atoms with Crippen LogP contribution in [0.1, 0.15) is 25.3 Å². The van der Waals surface area contributed by atoms with E-state index in [4.69, 9.17) is 4.74 Å². The number of rotatable bonds is 6. The van der Waals surface area contributed by atoms with Gasteiger partial charge < -0.3 is 9.64 Å². The number of benzene rings is 2. The summed E-state index contributed by atoms with van der Waals surface area (Å²) in [4.78, 5) is 13.8. The first kappa shape index (κ1) is 18.8. The van der Waals surface area contributed by atoms with E-state index in [2.05, 4.69) is 10.5 Å². The Balaban J connectivity index is 1.56. The average Bonchev–Trinajstić information content (AvgIpc) is 3.19. The lowest BCUT2D eigenvalue weighted by Crippen LogP contribution is -2.25. The Hall–Kier alpha value is -2.96. The van der Waals surface area contributed by atoms with Gasteiger partial charge in [-0.1, -0.05) is 12.1 Å². The minimum atomic E-state index is -0.493. The number of ether oxygens (including phenoxy) is 1. The summed E-state index contributed by atoms with van der Waals surface area (Å²) in [5, 5.41) is 3.98. The van der Waals surface area contributed by atoms with E-state index in [1.807, 2.05) is 4.90 Å². The molecule has 0 spiro atoms. The number of nitrogens with one attached hydrogen (secondary N) is 1. The molecule has 1 aliphatic rings. The number of amides is 1. The Morgan fingerprint density at radius 1 is 1.19 bits per heavy atom. The second kappa shape index (κ2) is 8.62. The monoisotopic (exact) mass is 373 g/mol. The van der Waals surface area contributed by atoms with Crippen LogP contribution in [0.5, 0.6) is 5.75 Å². The zero-order valence-corrected chi connectivity index (χ0v) is 15.0. The largest absolute Gasteiger partial charge is 0.484 e. The number of anilines is 1. The Morgan fingerprint density at radius 3 is 2.67 bits per heavy atom. The second-order valence-electron chi connectivity index (χ2n) is 6.34. The molecule has 1 amide bonds. The molecule has 1 saturated heterocycles. The molecule has 0 unspecified atom stereocenters. The maximum Gasteiger partial charge on any atom is 0.277 e. The van der Waals surface area contributed by atoms with Crippen molar-refractivity contribution in [3.63, 3.8) is 0 Å². The molecule has 142 valence electrons. The molecule has 0 bridgehead atoms. The first-order valence-electron chi connectivity index (χ1n) is 8.79. The lowest BCUT2D eigenvalue weighted by molar-refractivity contribution is -0.123. The van der Waals surface area contributed by atoms with E-state index in [0.29, 0.717) is 17.0 Å². The van der Waals surface area contributed by atoms with E-state index in [-0.39, 0.29) is 18.2 Å². The highest BCUT2D eigenvalue weighted by Crippen LogP contribution is 2.24. The highest BCUT2D eigenvalue weighted by molar-refractivity contribution is 5.99. The molecule has 1 aliphatic heterocycles. The smallest absolute Gasteiger partial charge is 0.277 e. The minimum Gasteiger partial charge on any atom is -0.484 e. The van der Waals surface area contributed by atoms with Crippen molar-refractivity contribution in [2.24, 2.45) is 5.10 Å². The molecule has 1 fully saturated rings. The number of hydrazone groups is 1. The highest BCUT2D eigenvalue weighted by Gasteiger charge is 2.16. The molecule has 5 nitrogen and oxygen atoms in total. The molecular weight excluding hydrogens is 352 g/mol. The maximum atomic E-state index is 14.4. The lowest BCUT2D eigenvalue weighted by Gasteiger charge is -2.18. The number of hydrogen-bond acceptors (Lipinski definition) is 4. The van der Waals surface area contributed by atoms with E-state index in [1.165, 1.54) is 24.3 Å². The van der Waals surface area contributed by atoms with Gasteiger partial charge in [0, 0.05) is 24.7 Å². The fraction of sp³-hybridized carbons (Fsp3) is 0.300. The fourth-order valence-electron chi connectivity index (χ4n) is 2.90. The molecule has 27 heavy (non-hydrogen) atoms. The van der Waals surface area contributed by atoms with Crippen molar-refractivity contribution in [1.82, 2.24) is 5.43 Å². The van der Waals surface area contributed by atoms with E-state index in [1.54, 1.807) is 25.1 Å². The van der Waals surface area contributed by atoms with E-state index < -0.39 is 11.7 Å². The van der Waals surface area contributed by atoms with Crippen LogP contribution in [0.25, 0.3) is 0 Å². The van der Waals surface area contributed by atoms with Gasteiger partial charge in [-0.25, -0.2) is 14.2 Å². The molecule has 0 radical (unpaired) electrons. The first-order valence-corrected chi connectivity index (χ1v) is 8.79. The van der Waals surface area contributed by atoms with Crippen molar-refractivity contribution < 1.29 is 18.3 Å². The van der Waals surface area contributed by atoms with Crippen molar-refractivity contribution in [3.8, 4) is 5.75 Å². The number of carbonyl (C=O) groups excluding carboxylic acids is 1. The standard InChI is InChI=1S/C20H21F2N3O2/c1-14(15-7-8-19(18(22)11-15)25-9-2-3-10-25)23-24-20(26)13-27-17-6-4-5-16(21)12-17/h4-8,11-12H,2-3,9-10,13H2,1H3,(H,24,26)/b23-14-. The van der Waals surface area contributed by atoms with Crippen LogP contribution in [0.4, 0.5) is 14.5 Å². The third-order valence-corrected chi connectivity index (χ3v) is 4.33. The van der Waals surface area contributed by atoms with Gasteiger partial charge >= 0.3 is 0 Å². The van der Waals surface area contributed by atoms with Crippen LogP contribution in [0.3, 0.4) is 0 Å². The molecule has 2 aromatic rings. The van der Waals surface area contributed by atoms with Gasteiger partial charge in [0.2, 0.25) is 0 Å². The average molecular weight is 373 g/mol. The normalized spacial score (nSPS) is 14.3. The van der Waals surface area contributed by atoms with E-state index in [0.717, 1.165) is 25.9 Å². The third-order valence-electron chi connectivity index (χ3n) is 4.33. The number of halogens is 2. The Bertz CT molecular complexity index is 849. The van der Waals surface area contributed by atoms with Crippen LogP contribution in [0, 0.1) is 11.6 Å². The molecule has 3 rings (SSSR count). The van der Waals surface area contributed by atoms with Crippen LogP contribution in [0.2, 0.25) is 0 Å². The molecule has 1 heterocycles. The highest BCUT2D eigenvalue weighted by atomic mass is 19.1. The van der Waals surface area contributed by atoms with Gasteiger partial charge in [-0.05, 0) is 44.0 Å². The second-order valence-corrected chi connectivity index (χ2v) is 6.34. The summed E-state index contributed by atoms with van der Waals surface area (Å²) in [5.74, 6) is -0.982. The van der Waals surface area contributed by atoms with E-state index in [9.17, 15) is 13.6 Å². The molecule has 7 heteroatoms. The van der Waals surface area contributed by atoms with Gasteiger partial charge in [0.1, 0.15) is 17.4 Å². The lowest BCUT2D eigenvalue weighted by atomic mass is 10.1.